The van der Waals surface area contributed by atoms with Crippen LogP contribution in [0.1, 0.15) is 45.4 Å². The van der Waals surface area contributed by atoms with Crippen LogP contribution in [0.4, 0.5) is 0 Å². The van der Waals surface area contributed by atoms with Gasteiger partial charge in [-0.2, -0.15) is 0 Å². The number of aliphatic carboxylic acids is 1. The predicted octanol–water partition coefficient (Wildman–Crippen LogP) is 1.25. The number of carboxylic acid groups (broad SMARTS) is 1. The Kier molecular flexibility index (Phi) is 7.19. The van der Waals surface area contributed by atoms with Gasteiger partial charge in [-0.3, -0.25) is 14.4 Å². The maximum absolute atomic E-state index is 11.8. The van der Waals surface area contributed by atoms with Gasteiger partial charge in [0, 0.05) is 20.0 Å². The van der Waals surface area contributed by atoms with Crippen molar-refractivity contribution in [1.29, 1.82) is 0 Å². The number of nitrogens with zero attached hydrogens (tertiary/aromatic N) is 1. The summed E-state index contributed by atoms with van der Waals surface area (Å²) in [6, 6.07) is 0. The molecule has 1 saturated carbocycles. The fourth-order valence-corrected chi connectivity index (χ4v) is 2.63. The first kappa shape index (κ1) is 17.5. The van der Waals surface area contributed by atoms with Gasteiger partial charge < -0.3 is 15.3 Å². The standard InChI is InChI=1S/C15H26N2O4/c1-11(15(20)21)10-17(2)14(19)9-16-13(18)8-12-6-4-3-5-7-12/h11-12H,3-10H2,1-2H3,(H,16,18)(H,20,21). The van der Waals surface area contributed by atoms with Crippen LogP contribution < -0.4 is 5.32 Å². The Bertz CT molecular complexity index is 378. The lowest BCUT2D eigenvalue weighted by Crippen LogP contribution is -2.41. The van der Waals surface area contributed by atoms with Crippen molar-refractivity contribution >= 4 is 17.8 Å². The number of nitrogens with one attached hydrogen (secondary N) is 1. The maximum atomic E-state index is 11.8. The van der Waals surface area contributed by atoms with E-state index in [2.05, 4.69) is 5.32 Å². The average molecular weight is 298 g/mol. The molecule has 0 aromatic rings. The quantitative estimate of drug-likeness (QED) is 0.740. The Morgan fingerprint density at radius 2 is 1.86 bits per heavy atom. The first-order chi connectivity index (χ1) is 9.90. The van der Waals surface area contributed by atoms with E-state index in [0.29, 0.717) is 12.3 Å². The molecule has 0 aromatic carbocycles. The van der Waals surface area contributed by atoms with Gasteiger partial charge in [0.2, 0.25) is 11.8 Å². The van der Waals surface area contributed by atoms with Crippen molar-refractivity contribution in [2.75, 3.05) is 20.1 Å². The monoisotopic (exact) mass is 298 g/mol. The van der Waals surface area contributed by atoms with Gasteiger partial charge in [0.25, 0.3) is 0 Å². The third-order valence-corrected chi connectivity index (χ3v) is 4.03. The molecule has 0 aromatic heterocycles. The van der Waals surface area contributed by atoms with E-state index in [1.165, 1.54) is 24.2 Å². The molecule has 1 unspecified atom stereocenters. The minimum Gasteiger partial charge on any atom is -0.481 e. The predicted molar refractivity (Wildman–Crippen MR) is 78.6 cm³/mol. The number of amides is 2. The second-order valence-electron chi connectivity index (χ2n) is 6.00. The summed E-state index contributed by atoms with van der Waals surface area (Å²) in [5.41, 5.74) is 0. The first-order valence-corrected chi connectivity index (χ1v) is 7.63. The van der Waals surface area contributed by atoms with Crippen molar-refractivity contribution in [3.8, 4) is 0 Å². The number of carbonyl (C=O) groups is 3. The molecular weight excluding hydrogens is 272 g/mol. The molecule has 0 saturated heterocycles. The molecule has 21 heavy (non-hydrogen) atoms. The van der Waals surface area contributed by atoms with Crippen LogP contribution in [-0.2, 0) is 14.4 Å². The number of rotatable bonds is 7. The Balaban J connectivity index is 2.24. The second kappa shape index (κ2) is 8.64. The third-order valence-electron chi connectivity index (χ3n) is 4.03. The van der Waals surface area contributed by atoms with Crippen LogP contribution in [0.25, 0.3) is 0 Å². The zero-order valence-corrected chi connectivity index (χ0v) is 12.9. The van der Waals surface area contributed by atoms with E-state index in [9.17, 15) is 14.4 Å². The van der Waals surface area contributed by atoms with Crippen molar-refractivity contribution in [3.05, 3.63) is 0 Å². The zero-order valence-electron chi connectivity index (χ0n) is 12.9. The highest BCUT2D eigenvalue weighted by Crippen LogP contribution is 2.25. The average Bonchev–Trinajstić information content (AvgIpc) is 2.45. The summed E-state index contributed by atoms with van der Waals surface area (Å²) in [6.07, 6.45) is 6.31. The molecule has 0 radical (unpaired) electrons. The summed E-state index contributed by atoms with van der Waals surface area (Å²) in [7, 11) is 1.55. The largest absolute Gasteiger partial charge is 0.481 e. The molecule has 2 amide bonds. The number of hydrogen-bond donors (Lipinski definition) is 2. The molecule has 120 valence electrons. The molecule has 1 aliphatic rings. The van der Waals surface area contributed by atoms with Crippen LogP contribution in [0.5, 0.6) is 0 Å². The highest BCUT2D eigenvalue weighted by molar-refractivity contribution is 5.85. The molecule has 0 spiro atoms. The normalized spacial score (nSPS) is 17.0. The summed E-state index contributed by atoms with van der Waals surface area (Å²) in [5.74, 6) is -1.46. The van der Waals surface area contributed by atoms with Gasteiger partial charge in [-0.15, -0.1) is 0 Å². The van der Waals surface area contributed by atoms with E-state index in [1.807, 2.05) is 0 Å². The van der Waals surface area contributed by atoms with Gasteiger partial charge in [-0.1, -0.05) is 26.2 Å². The lowest BCUT2D eigenvalue weighted by Gasteiger charge is -2.22. The fraction of sp³-hybridized carbons (Fsp3) is 0.800. The molecule has 1 fully saturated rings. The van der Waals surface area contributed by atoms with Gasteiger partial charge in [0.05, 0.1) is 12.5 Å². The SMILES string of the molecule is CC(CN(C)C(=O)CNC(=O)CC1CCCCC1)C(=O)O. The van der Waals surface area contributed by atoms with Crippen molar-refractivity contribution in [3.63, 3.8) is 0 Å². The van der Waals surface area contributed by atoms with E-state index in [0.717, 1.165) is 12.8 Å². The molecule has 0 aliphatic heterocycles. The van der Waals surface area contributed by atoms with Crippen molar-refractivity contribution < 1.29 is 19.5 Å². The van der Waals surface area contributed by atoms with Gasteiger partial charge in [0.15, 0.2) is 0 Å². The zero-order chi connectivity index (χ0) is 15.8. The highest BCUT2D eigenvalue weighted by Gasteiger charge is 2.19. The third kappa shape index (κ3) is 6.60. The molecule has 2 N–H and O–H groups in total. The summed E-state index contributed by atoms with van der Waals surface area (Å²) in [4.78, 5) is 35.7. The van der Waals surface area contributed by atoms with Crippen molar-refractivity contribution in [2.45, 2.75) is 45.4 Å². The number of carbonyl (C=O) groups excluding carboxylic acids is 2. The molecule has 1 rings (SSSR count). The number of hydrogen-bond acceptors (Lipinski definition) is 3. The smallest absolute Gasteiger partial charge is 0.308 e. The number of likely N-dealkylation sites (N-methyl/N-ethyl adjacent to an activating group) is 1. The van der Waals surface area contributed by atoms with E-state index >= 15 is 0 Å². The van der Waals surface area contributed by atoms with E-state index < -0.39 is 11.9 Å². The van der Waals surface area contributed by atoms with Crippen LogP contribution >= 0.6 is 0 Å². The first-order valence-electron chi connectivity index (χ1n) is 7.63. The molecule has 1 atom stereocenters. The minimum absolute atomic E-state index is 0.0611. The molecule has 6 heteroatoms. The van der Waals surface area contributed by atoms with E-state index in [4.69, 9.17) is 5.11 Å². The highest BCUT2D eigenvalue weighted by atomic mass is 16.4. The lowest BCUT2D eigenvalue weighted by molar-refractivity contribution is -0.143. The summed E-state index contributed by atoms with van der Waals surface area (Å²) < 4.78 is 0. The van der Waals surface area contributed by atoms with E-state index in [-0.39, 0.29) is 24.9 Å². The summed E-state index contributed by atoms with van der Waals surface area (Å²) in [6.45, 7) is 1.63. The summed E-state index contributed by atoms with van der Waals surface area (Å²) >= 11 is 0. The van der Waals surface area contributed by atoms with Crippen molar-refractivity contribution in [2.24, 2.45) is 11.8 Å². The van der Waals surface area contributed by atoms with Gasteiger partial charge >= 0.3 is 5.97 Å². The minimum atomic E-state index is -0.934. The second-order valence-corrected chi connectivity index (χ2v) is 6.00. The topological polar surface area (TPSA) is 86.7 Å². The Labute approximate surface area is 125 Å². The molecule has 1 aliphatic carbocycles. The Morgan fingerprint density at radius 1 is 1.24 bits per heavy atom. The van der Waals surface area contributed by atoms with Crippen LogP contribution in [0.15, 0.2) is 0 Å². The van der Waals surface area contributed by atoms with E-state index in [1.54, 1.807) is 14.0 Å². The Hall–Kier alpha value is -1.59. The van der Waals surface area contributed by atoms with Crippen molar-refractivity contribution in [1.82, 2.24) is 10.2 Å². The number of carboxylic acids is 1. The van der Waals surface area contributed by atoms with Crippen LogP contribution in [0.2, 0.25) is 0 Å². The fourth-order valence-electron chi connectivity index (χ4n) is 2.63. The van der Waals surface area contributed by atoms with Gasteiger partial charge in [-0.25, -0.2) is 0 Å². The Morgan fingerprint density at radius 3 is 2.43 bits per heavy atom. The molecule has 6 nitrogen and oxygen atoms in total. The molecule has 0 bridgehead atoms. The molecule has 0 heterocycles. The molecular formula is C15H26N2O4. The van der Waals surface area contributed by atoms with Crippen LogP contribution in [0.3, 0.4) is 0 Å². The van der Waals surface area contributed by atoms with Gasteiger partial charge in [0.1, 0.15) is 0 Å². The van der Waals surface area contributed by atoms with Gasteiger partial charge in [-0.05, 0) is 18.8 Å². The maximum Gasteiger partial charge on any atom is 0.308 e. The lowest BCUT2D eigenvalue weighted by atomic mass is 9.87. The van der Waals surface area contributed by atoms with Crippen LogP contribution in [-0.4, -0.2) is 47.9 Å². The van der Waals surface area contributed by atoms with Crippen LogP contribution in [0, 0.1) is 11.8 Å². The summed E-state index contributed by atoms with van der Waals surface area (Å²) in [5, 5.41) is 11.4.